The minimum atomic E-state index is -0.104. The molecule has 7 nitrogen and oxygen atoms in total. The fourth-order valence-electron chi connectivity index (χ4n) is 2.48. The van der Waals surface area contributed by atoms with Crippen molar-refractivity contribution in [2.45, 2.75) is 13.5 Å². The Bertz CT molecular complexity index is 846. The molecule has 8 heteroatoms. The number of aryl methyl sites for hydroxylation is 1. The van der Waals surface area contributed by atoms with Crippen molar-refractivity contribution >= 4 is 22.9 Å². The molecule has 0 aliphatic heterocycles. The lowest BCUT2D eigenvalue weighted by atomic mass is 10.2. The third-order valence-corrected chi connectivity index (χ3v) is 4.73. The van der Waals surface area contributed by atoms with Crippen molar-refractivity contribution in [1.82, 2.24) is 15.1 Å². The molecule has 0 atom stereocenters. The molecule has 0 bridgehead atoms. The molecule has 2 heterocycles. The lowest BCUT2D eigenvalue weighted by Gasteiger charge is -2.19. The topological polar surface area (TPSA) is 80.5 Å². The summed E-state index contributed by atoms with van der Waals surface area (Å²) in [5.74, 6) is 0.862. The van der Waals surface area contributed by atoms with Crippen molar-refractivity contribution in [1.29, 1.82) is 0 Å². The number of carbonyl (C=O) groups is 1. The average Bonchev–Trinajstić information content (AvgIpc) is 3.33. The second kappa shape index (κ2) is 9.40. The van der Waals surface area contributed by atoms with Crippen molar-refractivity contribution in [3.05, 3.63) is 53.2 Å². The van der Waals surface area contributed by atoms with E-state index in [1.807, 2.05) is 53.6 Å². The average molecular weight is 386 g/mol. The summed E-state index contributed by atoms with van der Waals surface area (Å²) < 4.78 is 10.9. The molecule has 142 valence electrons. The Morgan fingerprint density at radius 3 is 2.78 bits per heavy atom. The van der Waals surface area contributed by atoms with Crippen LogP contribution < -0.4 is 5.32 Å². The van der Waals surface area contributed by atoms with Crippen LogP contribution in [-0.4, -0.2) is 47.8 Å². The zero-order valence-corrected chi connectivity index (χ0v) is 16.2. The lowest BCUT2D eigenvalue weighted by molar-refractivity contribution is -0.117. The van der Waals surface area contributed by atoms with E-state index in [4.69, 9.17) is 9.15 Å². The third kappa shape index (κ3) is 5.72. The molecular formula is C19H22N4O3S. The van der Waals surface area contributed by atoms with Gasteiger partial charge in [0.2, 0.25) is 11.8 Å². The Kier molecular flexibility index (Phi) is 6.69. The summed E-state index contributed by atoms with van der Waals surface area (Å²) in [6.45, 7) is 3.67. The fraction of sp³-hybridized carbons (Fsp3) is 0.316. The smallest absolute Gasteiger partial charge is 0.257 e. The maximum atomic E-state index is 12.4. The van der Waals surface area contributed by atoms with E-state index in [0.29, 0.717) is 31.5 Å². The van der Waals surface area contributed by atoms with E-state index in [1.54, 1.807) is 18.4 Å². The first-order valence-corrected chi connectivity index (χ1v) is 9.46. The molecular weight excluding hydrogens is 364 g/mol. The van der Waals surface area contributed by atoms with Gasteiger partial charge in [-0.05, 0) is 30.5 Å². The van der Waals surface area contributed by atoms with Gasteiger partial charge in [0.25, 0.3) is 5.89 Å². The van der Waals surface area contributed by atoms with Gasteiger partial charge >= 0.3 is 0 Å². The standard InChI is InChI=1S/C19H22N4O3S/c1-14-5-7-15(8-6-14)20-17(24)12-23(9-10-25-2)13-18-21-22-19(26-18)16-4-3-11-27-16/h3-8,11H,9-10,12-13H2,1-2H3,(H,20,24). The van der Waals surface area contributed by atoms with Crippen molar-refractivity contribution in [3.8, 4) is 10.8 Å². The Hall–Kier alpha value is -2.55. The van der Waals surface area contributed by atoms with Gasteiger partial charge in [-0.1, -0.05) is 23.8 Å². The van der Waals surface area contributed by atoms with Gasteiger partial charge in [-0.3, -0.25) is 9.69 Å². The zero-order valence-electron chi connectivity index (χ0n) is 15.3. The molecule has 3 aromatic rings. The Balaban J connectivity index is 1.61. The molecule has 27 heavy (non-hydrogen) atoms. The van der Waals surface area contributed by atoms with E-state index in [9.17, 15) is 4.79 Å². The number of ether oxygens (including phenoxy) is 1. The molecule has 0 radical (unpaired) electrons. The summed E-state index contributed by atoms with van der Waals surface area (Å²) in [4.78, 5) is 15.2. The fourth-order valence-corrected chi connectivity index (χ4v) is 3.13. The van der Waals surface area contributed by atoms with Crippen LogP contribution in [0.1, 0.15) is 11.5 Å². The number of amides is 1. The Morgan fingerprint density at radius 1 is 1.26 bits per heavy atom. The van der Waals surface area contributed by atoms with Gasteiger partial charge in [0.15, 0.2) is 0 Å². The number of nitrogens with zero attached hydrogens (tertiary/aromatic N) is 3. The maximum absolute atomic E-state index is 12.4. The van der Waals surface area contributed by atoms with Crippen LogP contribution >= 0.6 is 11.3 Å². The lowest BCUT2D eigenvalue weighted by Crippen LogP contribution is -2.35. The first kappa shape index (κ1) is 19.2. The van der Waals surface area contributed by atoms with Crippen molar-refractivity contribution in [3.63, 3.8) is 0 Å². The van der Waals surface area contributed by atoms with Gasteiger partial charge in [0, 0.05) is 19.3 Å². The number of thiophene rings is 1. The van der Waals surface area contributed by atoms with Crippen LogP contribution in [0.2, 0.25) is 0 Å². The van der Waals surface area contributed by atoms with E-state index >= 15 is 0 Å². The predicted octanol–water partition coefficient (Wildman–Crippen LogP) is 3.19. The summed E-state index contributed by atoms with van der Waals surface area (Å²) in [6.07, 6.45) is 0. The normalized spacial score (nSPS) is 11.1. The van der Waals surface area contributed by atoms with Gasteiger partial charge in [-0.2, -0.15) is 0 Å². The molecule has 1 N–H and O–H groups in total. The minimum absolute atomic E-state index is 0.104. The van der Waals surface area contributed by atoms with E-state index < -0.39 is 0 Å². The summed E-state index contributed by atoms with van der Waals surface area (Å²) in [5, 5.41) is 13.0. The number of carbonyl (C=O) groups excluding carboxylic acids is 1. The molecule has 2 aromatic heterocycles. The number of aromatic nitrogens is 2. The number of hydrogen-bond acceptors (Lipinski definition) is 7. The van der Waals surface area contributed by atoms with Crippen LogP contribution in [0.5, 0.6) is 0 Å². The van der Waals surface area contributed by atoms with Gasteiger partial charge in [-0.25, -0.2) is 0 Å². The first-order chi connectivity index (χ1) is 13.1. The van der Waals surface area contributed by atoms with Crippen LogP contribution in [0.4, 0.5) is 5.69 Å². The van der Waals surface area contributed by atoms with E-state index in [1.165, 1.54) is 0 Å². The van der Waals surface area contributed by atoms with E-state index in [-0.39, 0.29) is 12.5 Å². The first-order valence-electron chi connectivity index (χ1n) is 8.58. The van der Waals surface area contributed by atoms with Crippen molar-refractivity contribution < 1.29 is 13.9 Å². The monoisotopic (exact) mass is 386 g/mol. The van der Waals surface area contributed by atoms with Crippen LogP contribution in [0.3, 0.4) is 0 Å². The number of hydrogen-bond donors (Lipinski definition) is 1. The maximum Gasteiger partial charge on any atom is 0.257 e. The predicted molar refractivity (Wildman–Crippen MR) is 105 cm³/mol. The molecule has 0 unspecified atom stereocenters. The summed E-state index contributed by atoms with van der Waals surface area (Å²) in [6, 6.07) is 11.6. The van der Waals surface area contributed by atoms with Crippen LogP contribution in [-0.2, 0) is 16.1 Å². The number of nitrogens with one attached hydrogen (secondary N) is 1. The van der Waals surface area contributed by atoms with Gasteiger partial charge in [-0.15, -0.1) is 21.5 Å². The molecule has 0 aliphatic carbocycles. The zero-order chi connectivity index (χ0) is 19.1. The van der Waals surface area contributed by atoms with Gasteiger partial charge in [0.1, 0.15) is 0 Å². The Labute approximate surface area is 162 Å². The summed E-state index contributed by atoms with van der Waals surface area (Å²) >= 11 is 1.54. The third-order valence-electron chi connectivity index (χ3n) is 3.87. The molecule has 0 spiro atoms. The van der Waals surface area contributed by atoms with Gasteiger partial charge < -0.3 is 14.5 Å². The highest BCUT2D eigenvalue weighted by Gasteiger charge is 2.16. The number of rotatable bonds is 9. The molecule has 0 saturated carbocycles. The highest BCUT2D eigenvalue weighted by Crippen LogP contribution is 2.23. The van der Waals surface area contributed by atoms with E-state index in [2.05, 4.69) is 15.5 Å². The molecule has 0 aliphatic rings. The molecule has 1 aromatic carbocycles. The number of benzene rings is 1. The van der Waals surface area contributed by atoms with Crippen LogP contribution in [0.15, 0.2) is 46.2 Å². The highest BCUT2D eigenvalue weighted by atomic mass is 32.1. The van der Waals surface area contributed by atoms with Crippen molar-refractivity contribution in [2.75, 3.05) is 32.1 Å². The van der Waals surface area contributed by atoms with Gasteiger partial charge in [0.05, 0.1) is 24.6 Å². The highest BCUT2D eigenvalue weighted by molar-refractivity contribution is 7.13. The summed E-state index contributed by atoms with van der Waals surface area (Å²) in [5.41, 5.74) is 1.92. The minimum Gasteiger partial charge on any atom is -0.419 e. The Morgan fingerprint density at radius 2 is 2.07 bits per heavy atom. The molecule has 3 rings (SSSR count). The molecule has 1 amide bonds. The van der Waals surface area contributed by atoms with Crippen LogP contribution in [0, 0.1) is 6.92 Å². The molecule has 0 fully saturated rings. The van der Waals surface area contributed by atoms with E-state index in [0.717, 1.165) is 16.1 Å². The number of methoxy groups -OCH3 is 1. The number of anilines is 1. The SMILES string of the molecule is COCCN(CC(=O)Nc1ccc(C)cc1)Cc1nnc(-c2cccs2)o1. The van der Waals surface area contributed by atoms with Crippen LogP contribution in [0.25, 0.3) is 10.8 Å². The molecule has 0 saturated heterocycles. The largest absolute Gasteiger partial charge is 0.419 e. The summed E-state index contributed by atoms with van der Waals surface area (Å²) in [7, 11) is 1.63. The quantitative estimate of drug-likeness (QED) is 0.608. The van der Waals surface area contributed by atoms with Crippen molar-refractivity contribution in [2.24, 2.45) is 0 Å². The second-order valence-corrected chi connectivity index (χ2v) is 7.04. The second-order valence-electron chi connectivity index (χ2n) is 6.10.